The number of hydrogen-bond donors (Lipinski definition) is 1. The van der Waals surface area contributed by atoms with E-state index in [0.717, 1.165) is 11.3 Å². The van der Waals surface area contributed by atoms with Crippen molar-refractivity contribution >= 4 is 36.6 Å². The van der Waals surface area contributed by atoms with Crippen LogP contribution in [0, 0.1) is 0 Å². The molecule has 1 aliphatic rings. The first kappa shape index (κ1) is 26.1. The molecule has 0 spiro atoms. The molecule has 36 heavy (non-hydrogen) atoms. The Hall–Kier alpha value is -4.48. The summed E-state index contributed by atoms with van der Waals surface area (Å²) >= 11 is 0. The zero-order chi connectivity index (χ0) is 23.3. The third kappa shape index (κ3) is 5.43. The van der Waals surface area contributed by atoms with Gasteiger partial charge in [0.05, 0.1) is 41.9 Å². The van der Waals surface area contributed by atoms with Crippen LogP contribution in [0.5, 0.6) is 0 Å². The van der Waals surface area contributed by atoms with Gasteiger partial charge in [-0.25, -0.2) is 19.9 Å². The number of benzene rings is 1. The van der Waals surface area contributed by atoms with E-state index in [4.69, 9.17) is 0 Å². The number of halogens is 2. The molecule has 0 unspecified atom stereocenters. The second kappa shape index (κ2) is 11.8. The fourth-order valence-corrected chi connectivity index (χ4v) is 3.38. The van der Waals surface area contributed by atoms with E-state index in [2.05, 4.69) is 34.9 Å². The summed E-state index contributed by atoms with van der Waals surface area (Å²) in [6, 6.07) is 6.82. The van der Waals surface area contributed by atoms with Crippen LogP contribution < -0.4 is 0 Å². The van der Waals surface area contributed by atoms with Gasteiger partial charge in [-0.3, -0.25) is 24.5 Å². The molecule has 0 saturated heterocycles. The summed E-state index contributed by atoms with van der Waals surface area (Å²) in [6.45, 7) is 0.111. The van der Waals surface area contributed by atoms with Crippen molar-refractivity contribution in [1.29, 1.82) is 0 Å². The van der Waals surface area contributed by atoms with Crippen LogP contribution in [0.1, 0.15) is 20.7 Å². The van der Waals surface area contributed by atoms with Crippen molar-refractivity contribution in [3.05, 3.63) is 97.8 Å². The van der Waals surface area contributed by atoms with Gasteiger partial charge < -0.3 is 9.55 Å². The molecule has 5 aromatic rings. The van der Waals surface area contributed by atoms with Crippen molar-refractivity contribution in [1.82, 2.24) is 44.4 Å². The van der Waals surface area contributed by atoms with Crippen molar-refractivity contribution in [2.45, 2.75) is 6.67 Å². The third-order valence-corrected chi connectivity index (χ3v) is 5.01. The molecule has 1 aromatic carbocycles. The number of fused-ring (bicyclic) bond motifs is 1. The van der Waals surface area contributed by atoms with Crippen molar-refractivity contribution in [2.75, 3.05) is 0 Å². The maximum atomic E-state index is 12.3. The summed E-state index contributed by atoms with van der Waals surface area (Å²) < 4.78 is 1.67. The molecule has 1 N–H and O–H groups in total. The highest BCUT2D eigenvalue weighted by atomic mass is 35.5. The second-order valence-electron chi connectivity index (χ2n) is 7.18. The molecule has 2 amide bonds. The van der Waals surface area contributed by atoms with Crippen molar-refractivity contribution in [2.24, 2.45) is 0 Å². The number of amides is 2. The molecule has 6 rings (SSSR count). The number of H-pyrrole nitrogens is 1. The first-order valence-electron chi connectivity index (χ1n) is 10.2. The molecule has 0 fully saturated rings. The van der Waals surface area contributed by atoms with Gasteiger partial charge in [-0.2, -0.15) is 0 Å². The lowest BCUT2D eigenvalue weighted by atomic mass is 10.1. The van der Waals surface area contributed by atoms with E-state index >= 15 is 0 Å². The lowest BCUT2D eigenvalue weighted by Gasteiger charge is -2.13. The lowest BCUT2D eigenvalue weighted by Crippen LogP contribution is -2.31. The minimum absolute atomic E-state index is 0. The Kier molecular flexibility index (Phi) is 8.55. The summed E-state index contributed by atoms with van der Waals surface area (Å²) in [5.74, 6) is -0.583. The van der Waals surface area contributed by atoms with E-state index < -0.39 is 0 Å². The number of imidazole rings is 2. The van der Waals surface area contributed by atoms with Gasteiger partial charge in [0, 0.05) is 36.5 Å². The van der Waals surface area contributed by atoms with E-state index in [0.29, 0.717) is 22.5 Å². The van der Waals surface area contributed by atoms with Gasteiger partial charge in [-0.15, -0.1) is 24.8 Å². The third-order valence-electron chi connectivity index (χ3n) is 5.01. The Morgan fingerprint density at radius 3 is 2.11 bits per heavy atom. The van der Waals surface area contributed by atoms with Gasteiger partial charge in [-0.1, -0.05) is 12.1 Å². The minimum atomic E-state index is -0.291. The van der Waals surface area contributed by atoms with E-state index in [1.54, 1.807) is 84.9 Å². The molecule has 0 saturated carbocycles. The molecular weight excluding hydrogens is 505 g/mol. The number of aromatic amines is 1. The van der Waals surface area contributed by atoms with E-state index in [-0.39, 0.29) is 43.3 Å². The predicted octanol–water partition coefficient (Wildman–Crippen LogP) is 3.30. The summed E-state index contributed by atoms with van der Waals surface area (Å²) in [5, 5.41) is 0. The van der Waals surface area contributed by atoms with Crippen molar-refractivity contribution in [3.63, 3.8) is 0 Å². The number of nitrogens with zero attached hydrogens (tertiary/aromatic N) is 8. The standard InChI is InChI=1S/C16H11N5O2.C7H6N4.2ClH/c22-15-11-3-1-2-4-12(11)16(23)21(15)10-20-8-14(19-9-20)13-7-17-5-6-18-13;1-6(2-9-4-8-1)7-3-10-5-11-7;;/h1-9H,10H2;1-5H,(H,10,11);2*1H. The van der Waals surface area contributed by atoms with Crippen molar-refractivity contribution < 1.29 is 9.59 Å². The Morgan fingerprint density at radius 2 is 1.50 bits per heavy atom. The number of aromatic nitrogens is 8. The predicted molar refractivity (Wildman–Crippen MR) is 134 cm³/mol. The maximum Gasteiger partial charge on any atom is 0.263 e. The van der Waals surface area contributed by atoms with Gasteiger partial charge >= 0.3 is 0 Å². The molecule has 1 aliphatic heterocycles. The van der Waals surface area contributed by atoms with Crippen LogP contribution in [0.15, 0.2) is 86.6 Å². The quantitative estimate of drug-likeness (QED) is 0.354. The smallest absolute Gasteiger partial charge is 0.263 e. The zero-order valence-electron chi connectivity index (χ0n) is 18.5. The molecule has 0 aliphatic carbocycles. The van der Waals surface area contributed by atoms with Gasteiger partial charge in [0.2, 0.25) is 0 Å². The molecule has 13 heteroatoms. The monoisotopic (exact) mass is 523 g/mol. The molecule has 5 heterocycles. The number of carbonyl (C=O) groups is 2. The Morgan fingerprint density at radius 1 is 0.778 bits per heavy atom. The number of imide groups is 1. The molecule has 0 atom stereocenters. The van der Waals surface area contributed by atoms with Gasteiger partial charge in [0.1, 0.15) is 24.4 Å². The molecular formula is C23H19Cl2N9O2. The van der Waals surface area contributed by atoms with Crippen LogP contribution in [0.4, 0.5) is 0 Å². The van der Waals surface area contributed by atoms with Crippen LogP contribution in [0.3, 0.4) is 0 Å². The first-order valence-corrected chi connectivity index (χ1v) is 10.2. The summed E-state index contributed by atoms with van der Waals surface area (Å²) in [5.41, 5.74) is 4.03. The number of nitrogens with one attached hydrogen (secondary N) is 1. The van der Waals surface area contributed by atoms with E-state index in [1.807, 2.05) is 0 Å². The molecule has 11 nitrogen and oxygen atoms in total. The summed E-state index contributed by atoms with van der Waals surface area (Å²) in [4.78, 5) is 52.9. The Balaban J connectivity index is 0.000000236. The van der Waals surface area contributed by atoms with E-state index in [1.165, 1.54) is 11.2 Å². The fourth-order valence-electron chi connectivity index (χ4n) is 3.38. The van der Waals surface area contributed by atoms with Crippen LogP contribution >= 0.6 is 24.8 Å². The normalized spacial score (nSPS) is 11.6. The second-order valence-corrected chi connectivity index (χ2v) is 7.18. The number of hydrogen-bond acceptors (Lipinski definition) is 8. The van der Waals surface area contributed by atoms with Gasteiger partial charge in [0.15, 0.2) is 0 Å². The fraction of sp³-hybridized carbons (Fsp3) is 0.0435. The topological polar surface area (TPSA) is 135 Å². The minimum Gasteiger partial charge on any atom is -0.345 e. The van der Waals surface area contributed by atoms with Gasteiger partial charge in [0.25, 0.3) is 11.8 Å². The number of rotatable bonds is 4. The van der Waals surface area contributed by atoms with E-state index in [9.17, 15) is 9.59 Å². The SMILES string of the molecule is Cl.Cl.O=C1c2ccccc2C(=O)N1Cn1cnc(-c2cnccn2)c1.c1ncc(-c2cnc[nH]2)cn1. The van der Waals surface area contributed by atoms with Crippen LogP contribution in [0.2, 0.25) is 0 Å². The van der Waals surface area contributed by atoms with Crippen LogP contribution in [-0.2, 0) is 6.67 Å². The highest BCUT2D eigenvalue weighted by molar-refractivity contribution is 6.21. The highest BCUT2D eigenvalue weighted by Crippen LogP contribution is 2.23. The average Bonchev–Trinajstić information content (AvgIpc) is 3.65. The molecule has 0 radical (unpaired) electrons. The largest absolute Gasteiger partial charge is 0.345 e. The zero-order valence-corrected chi connectivity index (χ0v) is 20.1. The average molecular weight is 524 g/mol. The molecule has 182 valence electrons. The van der Waals surface area contributed by atoms with Crippen LogP contribution in [-0.4, -0.2) is 56.2 Å². The maximum absolute atomic E-state index is 12.3. The molecule has 0 bridgehead atoms. The van der Waals surface area contributed by atoms with Crippen molar-refractivity contribution in [3.8, 4) is 22.6 Å². The summed E-state index contributed by atoms with van der Waals surface area (Å²) in [7, 11) is 0. The lowest BCUT2D eigenvalue weighted by molar-refractivity contribution is 0.0606. The number of carbonyl (C=O) groups excluding carboxylic acids is 2. The first-order chi connectivity index (χ1) is 16.7. The Labute approximate surface area is 217 Å². The van der Waals surface area contributed by atoms with Gasteiger partial charge in [-0.05, 0) is 12.1 Å². The van der Waals surface area contributed by atoms with Crippen LogP contribution in [0.25, 0.3) is 22.6 Å². The molecule has 4 aromatic heterocycles. The Bertz CT molecular complexity index is 1390. The highest BCUT2D eigenvalue weighted by Gasteiger charge is 2.35. The summed E-state index contributed by atoms with van der Waals surface area (Å²) in [6.07, 6.45) is 16.4.